The van der Waals surface area contributed by atoms with Crippen LogP contribution in [0.25, 0.3) is 11.3 Å². The lowest BCUT2D eigenvalue weighted by molar-refractivity contribution is 0.102. The van der Waals surface area contributed by atoms with Crippen LogP contribution in [-0.2, 0) is 0 Å². The molecule has 4 nitrogen and oxygen atoms in total. The first-order chi connectivity index (χ1) is 10.2. The van der Waals surface area contributed by atoms with Crippen molar-refractivity contribution in [3.8, 4) is 11.3 Å². The third kappa shape index (κ3) is 2.81. The fourth-order valence-corrected chi connectivity index (χ4v) is 2.02. The molecule has 3 rings (SSSR count). The Kier molecular flexibility index (Phi) is 3.47. The topological polar surface area (TPSA) is 57.8 Å². The maximum Gasteiger partial charge on any atom is 0.258 e. The van der Waals surface area contributed by atoms with Gasteiger partial charge in [0, 0.05) is 17.4 Å². The van der Waals surface area contributed by atoms with E-state index in [9.17, 15) is 9.18 Å². The first-order valence-electron chi connectivity index (χ1n) is 6.40. The summed E-state index contributed by atoms with van der Waals surface area (Å²) >= 11 is 0. The molecule has 1 amide bonds. The second-order valence-electron chi connectivity index (χ2n) is 4.49. The molecule has 5 heteroatoms. The summed E-state index contributed by atoms with van der Waals surface area (Å²) in [6.07, 6.45) is 1.65. The molecule has 2 aromatic carbocycles. The molecule has 0 bridgehead atoms. The highest BCUT2D eigenvalue weighted by Crippen LogP contribution is 2.21. The summed E-state index contributed by atoms with van der Waals surface area (Å²) in [6.45, 7) is 0. The van der Waals surface area contributed by atoms with E-state index in [2.05, 4.69) is 15.5 Å². The largest absolute Gasteiger partial charge is 0.322 e. The van der Waals surface area contributed by atoms with Crippen LogP contribution in [0.3, 0.4) is 0 Å². The summed E-state index contributed by atoms with van der Waals surface area (Å²) in [5, 5.41) is 9.43. The molecule has 0 aliphatic carbocycles. The Morgan fingerprint density at radius 1 is 1.10 bits per heavy atom. The lowest BCUT2D eigenvalue weighted by Gasteiger charge is -2.07. The molecule has 0 spiro atoms. The Bertz CT molecular complexity index is 769. The Labute approximate surface area is 120 Å². The predicted molar refractivity (Wildman–Crippen MR) is 78.4 cm³/mol. The molecular formula is C16H12FN3O. The minimum Gasteiger partial charge on any atom is -0.322 e. The zero-order valence-corrected chi connectivity index (χ0v) is 11.0. The number of hydrogen-bond acceptors (Lipinski definition) is 2. The summed E-state index contributed by atoms with van der Waals surface area (Å²) in [4.78, 5) is 12.1. The van der Waals surface area contributed by atoms with Crippen molar-refractivity contribution >= 4 is 11.6 Å². The van der Waals surface area contributed by atoms with Crippen molar-refractivity contribution in [2.24, 2.45) is 0 Å². The fourth-order valence-electron chi connectivity index (χ4n) is 2.02. The lowest BCUT2D eigenvalue weighted by atomic mass is 10.1. The maximum atomic E-state index is 13.6. The number of carbonyl (C=O) groups is 1. The second kappa shape index (κ2) is 5.58. The summed E-state index contributed by atoms with van der Waals surface area (Å²) in [5.74, 6) is -1.02. The normalized spacial score (nSPS) is 10.3. The molecule has 0 saturated carbocycles. The average molecular weight is 281 g/mol. The van der Waals surface area contributed by atoms with Crippen LogP contribution in [0.4, 0.5) is 10.1 Å². The number of carbonyl (C=O) groups excluding carboxylic acids is 1. The molecule has 3 aromatic rings. The molecule has 0 radical (unpaired) electrons. The average Bonchev–Trinajstić information content (AvgIpc) is 3.02. The first-order valence-corrected chi connectivity index (χ1v) is 6.40. The van der Waals surface area contributed by atoms with E-state index in [0.29, 0.717) is 5.69 Å². The van der Waals surface area contributed by atoms with Crippen molar-refractivity contribution in [1.82, 2.24) is 10.2 Å². The Morgan fingerprint density at radius 3 is 2.71 bits per heavy atom. The number of benzene rings is 2. The molecule has 1 heterocycles. The predicted octanol–water partition coefficient (Wildman–Crippen LogP) is 3.47. The number of aromatic amines is 1. The van der Waals surface area contributed by atoms with Gasteiger partial charge in [0.15, 0.2) is 0 Å². The molecule has 0 unspecified atom stereocenters. The summed E-state index contributed by atoms with van der Waals surface area (Å²) in [5.41, 5.74) is 2.34. The zero-order chi connectivity index (χ0) is 14.7. The lowest BCUT2D eigenvalue weighted by Crippen LogP contribution is -2.13. The molecule has 104 valence electrons. The van der Waals surface area contributed by atoms with Gasteiger partial charge in [-0.05, 0) is 30.3 Å². The van der Waals surface area contributed by atoms with E-state index in [0.717, 1.165) is 11.3 Å². The summed E-state index contributed by atoms with van der Waals surface area (Å²) in [7, 11) is 0. The van der Waals surface area contributed by atoms with E-state index in [4.69, 9.17) is 0 Å². The van der Waals surface area contributed by atoms with Crippen LogP contribution in [0, 0.1) is 5.82 Å². The monoisotopic (exact) mass is 281 g/mol. The smallest absolute Gasteiger partial charge is 0.258 e. The van der Waals surface area contributed by atoms with Crippen LogP contribution >= 0.6 is 0 Å². The maximum absolute atomic E-state index is 13.6. The van der Waals surface area contributed by atoms with Gasteiger partial charge in [0.05, 0.1) is 11.3 Å². The number of anilines is 1. The third-order valence-corrected chi connectivity index (χ3v) is 3.05. The zero-order valence-electron chi connectivity index (χ0n) is 11.0. The molecule has 0 fully saturated rings. The Hall–Kier alpha value is -2.95. The van der Waals surface area contributed by atoms with Crippen LogP contribution in [0.2, 0.25) is 0 Å². The van der Waals surface area contributed by atoms with Gasteiger partial charge in [0.25, 0.3) is 5.91 Å². The highest BCUT2D eigenvalue weighted by atomic mass is 19.1. The minimum atomic E-state index is -0.542. The van der Waals surface area contributed by atoms with Gasteiger partial charge < -0.3 is 5.32 Å². The molecule has 0 atom stereocenters. The van der Waals surface area contributed by atoms with Crippen molar-refractivity contribution < 1.29 is 9.18 Å². The number of H-pyrrole nitrogens is 1. The number of hydrogen-bond donors (Lipinski definition) is 2. The van der Waals surface area contributed by atoms with E-state index in [1.54, 1.807) is 30.5 Å². The van der Waals surface area contributed by atoms with Gasteiger partial charge in [0.1, 0.15) is 5.82 Å². The number of nitrogens with one attached hydrogen (secondary N) is 2. The number of rotatable bonds is 3. The minimum absolute atomic E-state index is 0.0180. The van der Waals surface area contributed by atoms with Gasteiger partial charge in [-0.25, -0.2) is 4.39 Å². The molecular weight excluding hydrogens is 269 g/mol. The van der Waals surface area contributed by atoms with Gasteiger partial charge >= 0.3 is 0 Å². The van der Waals surface area contributed by atoms with E-state index in [-0.39, 0.29) is 5.56 Å². The van der Waals surface area contributed by atoms with Crippen molar-refractivity contribution in [3.05, 3.63) is 72.2 Å². The molecule has 21 heavy (non-hydrogen) atoms. The van der Waals surface area contributed by atoms with Gasteiger partial charge in [-0.15, -0.1) is 0 Å². The van der Waals surface area contributed by atoms with Gasteiger partial charge in [-0.1, -0.05) is 24.3 Å². The summed E-state index contributed by atoms with van der Waals surface area (Å²) < 4.78 is 13.6. The third-order valence-electron chi connectivity index (χ3n) is 3.05. The van der Waals surface area contributed by atoms with Gasteiger partial charge in [-0.3, -0.25) is 9.89 Å². The Balaban J connectivity index is 1.84. The quantitative estimate of drug-likeness (QED) is 0.772. The first kappa shape index (κ1) is 13.1. The van der Waals surface area contributed by atoms with E-state index in [1.165, 1.54) is 12.1 Å². The van der Waals surface area contributed by atoms with Crippen LogP contribution < -0.4 is 5.32 Å². The van der Waals surface area contributed by atoms with Crippen LogP contribution in [0.5, 0.6) is 0 Å². The number of nitrogens with zero attached hydrogens (tertiary/aromatic N) is 1. The molecule has 0 aliphatic heterocycles. The van der Waals surface area contributed by atoms with Crippen LogP contribution in [0.1, 0.15) is 10.4 Å². The molecule has 1 aromatic heterocycles. The highest BCUT2D eigenvalue weighted by Gasteiger charge is 2.11. The van der Waals surface area contributed by atoms with Crippen molar-refractivity contribution in [2.75, 3.05) is 5.32 Å². The SMILES string of the molecule is O=C(Nc1cccc(-c2ccn[nH]2)c1)c1ccccc1F. The fraction of sp³-hybridized carbons (Fsp3) is 0. The van der Waals surface area contributed by atoms with Crippen molar-refractivity contribution in [2.45, 2.75) is 0 Å². The number of amides is 1. The van der Waals surface area contributed by atoms with E-state index < -0.39 is 11.7 Å². The van der Waals surface area contributed by atoms with Crippen molar-refractivity contribution in [1.29, 1.82) is 0 Å². The molecule has 0 aliphatic rings. The van der Waals surface area contributed by atoms with Gasteiger partial charge in [-0.2, -0.15) is 5.10 Å². The molecule has 2 N–H and O–H groups in total. The van der Waals surface area contributed by atoms with Crippen LogP contribution in [-0.4, -0.2) is 16.1 Å². The van der Waals surface area contributed by atoms with E-state index >= 15 is 0 Å². The highest BCUT2D eigenvalue weighted by molar-refractivity contribution is 6.04. The van der Waals surface area contributed by atoms with Gasteiger partial charge in [0.2, 0.25) is 0 Å². The number of halogens is 1. The molecule has 0 saturated heterocycles. The van der Waals surface area contributed by atoms with Crippen molar-refractivity contribution in [3.63, 3.8) is 0 Å². The second-order valence-corrected chi connectivity index (χ2v) is 4.49. The Morgan fingerprint density at radius 2 is 1.95 bits per heavy atom. The number of aromatic nitrogens is 2. The van der Waals surface area contributed by atoms with E-state index in [1.807, 2.05) is 18.2 Å². The standard InChI is InChI=1S/C16H12FN3O/c17-14-7-2-1-6-13(14)16(21)19-12-5-3-4-11(10-12)15-8-9-18-20-15/h1-10H,(H,18,20)(H,19,21). The van der Waals surface area contributed by atoms with Crippen LogP contribution in [0.15, 0.2) is 60.8 Å². The summed E-state index contributed by atoms with van der Waals surface area (Å²) in [6, 6.07) is 15.0.